The van der Waals surface area contributed by atoms with Crippen LogP contribution in [0.25, 0.3) is 10.8 Å². The molecule has 0 unspecified atom stereocenters. The molecule has 5 rings (SSSR count). The van der Waals surface area contributed by atoms with Gasteiger partial charge in [-0.15, -0.1) is 0 Å². The van der Waals surface area contributed by atoms with Gasteiger partial charge in [-0.3, -0.25) is 9.59 Å². The molecule has 1 fully saturated rings. The molecular formula is C22H19N3O2. The molecule has 0 saturated carbocycles. The van der Waals surface area contributed by atoms with Crippen molar-refractivity contribution in [2.45, 2.75) is 12.8 Å². The minimum atomic E-state index is -0.290. The number of hydrogen-bond acceptors (Lipinski definition) is 4. The van der Waals surface area contributed by atoms with Crippen molar-refractivity contribution in [2.75, 3.05) is 28.6 Å². The number of anilines is 3. The Labute approximate surface area is 157 Å². The van der Waals surface area contributed by atoms with Gasteiger partial charge in [-0.05, 0) is 55.3 Å². The summed E-state index contributed by atoms with van der Waals surface area (Å²) >= 11 is 0. The highest BCUT2D eigenvalue weighted by atomic mass is 16.2. The first kappa shape index (κ1) is 15.9. The summed E-state index contributed by atoms with van der Waals surface area (Å²) in [6, 6.07) is 16.4. The monoisotopic (exact) mass is 357 g/mol. The molecule has 2 aliphatic rings. The molecule has 0 aliphatic carbocycles. The van der Waals surface area contributed by atoms with Gasteiger partial charge in [0.2, 0.25) is 0 Å². The van der Waals surface area contributed by atoms with Gasteiger partial charge in [0.05, 0.1) is 5.69 Å². The summed E-state index contributed by atoms with van der Waals surface area (Å²) in [6.07, 6.45) is 2.34. The van der Waals surface area contributed by atoms with E-state index in [4.69, 9.17) is 5.73 Å². The highest BCUT2D eigenvalue weighted by Gasteiger charge is 2.34. The number of nitrogens with zero attached hydrogens (tertiary/aromatic N) is 2. The van der Waals surface area contributed by atoms with Crippen LogP contribution in [-0.4, -0.2) is 24.9 Å². The first-order valence-corrected chi connectivity index (χ1v) is 9.20. The van der Waals surface area contributed by atoms with E-state index >= 15 is 0 Å². The molecule has 2 amide bonds. The standard InChI is InChI=1S/C22H19N3O2/c23-14-6-8-15(9-7-14)25-21(26)17-5-3-4-16-19(24-12-1-2-13-24)11-10-18(20(16)17)22(25)27/h3-11H,1-2,12-13,23H2. The number of rotatable bonds is 2. The van der Waals surface area contributed by atoms with Crippen molar-refractivity contribution in [1.29, 1.82) is 0 Å². The lowest BCUT2D eigenvalue weighted by molar-refractivity contribution is 0.0893. The molecule has 0 spiro atoms. The van der Waals surface area contributed by atoms with Crippen LogP contribution in [0.2, 0.25) is 0 Å². The highest BCUT2D eigenvalue weighted by Crippen LogP contribution is 2.38. The van der Waals surface area contributed by atoms with Gasteiger partial charge in [0.1, 0.15) is 0 Å². The van der Waals surface area contributed by atoms with Crippen molar-refractivity contribution in [1.82, 2.24) is 0 Å². The van der Waals surface area contributed by atoms with Crippen molar-refractivity contribution in [2.24, 2.45) is 0 Å². The van der Waals surface area contributed by atoms with Gasteiger partial charge in [0, 0.05) is 46.4 Å². The van der Waals surface area contributed by atoms with Crippen LogP contribution < -0.4 is 15.5 Å². The molecule has 134 valence electrons. The van der Waals surface area contributed by atoms with E-state index in [1.807, 2.05) is 24.3 Å². The summed E-state index contributed by atoms with van der Waals surface area (Å²) in [4.78, 5) is 30.0. The SMILES string of the molecule is Nc1ccc(N2C(=O)c3cccc4c(N5CCCC5)ccc(c34)C2=O)cc1. The number of nitrogen functional groups attached to an aromatic ring is 1. The molecule has 3 aromatic carbocycles. The Morgan fingerprint density at radius 2 is 1.44 bits per heavy atom. The first-order valence-electron chi connectivity index (χ1n) is 9.20. The van der Waals surface area contributed by atoms with Crippen LogP contribution in [0.1, 0.15) is 33.6 Å². The number of carbonyl (C=O) groups excluding carboxylic acids is 2. The number of amides is 2. The van der Waals surface area contributed by atoms with Crippen LogP contribution in [0, 0.1) is 0 Å². The van der Waals surface area contributed by atoms with Crippen LogP contribution >= 0.6 is 0 Å². The number of carbonyl (C=O) groups is 2. The van der Waals surface area contributed by atoms with Crippen LogP contribution in [0.5, 0.6) is 0 Å². The first-order chi connectivity index (χ1) is 13.1. The van der Waals surface area contributed by atoms with E-state index in [9.17, 15) is 9.59 Å². The summed E-state index contributed by atoms with van der Waals surface area (Å²) in [6.45, 7) is 2.02. The molecule has 2 heterocycles. The molecule has 1 saturated heterocycles. The van der Waals surface area contributed by atoms with Gasteiger partial charge < -0.3 is 10.6 Å². The molecule has 3 aromatic rings. The van der Waals surface area contributed by atoms with Gasteiger partial charge in [-0.25, -0.2) is 4.90 Å². The Morgan fingerprint density at radius 3 is 2.15 bits per heavy atom. The number of nitrogens with two attached hydrogens (primary N) is 1. The van der Waals surface area contributed by atoms with Gasteiger partial charge in [0.15, 0.2) is 0 Å². The Kier molecular flexibility index (Phi) is 3.44. The Bertz CT molecular complexity index is 1060. The summed E-state index contributed by atoms with van der Waals surface area (Å²) in [5.41, 5.74) is 9.12. The summed E-state index contributed by atoms with van der Waals surface area (Å²) in [5.74, 6) is -0.581. The van der Waals surface area contributed by atoms with Crippen LogP contribution in [0.15, 0.2) is 54.6 Å². The van der Waals surface area contributed by atoms with Gasteiger partial charge >= 0.3 is 0 Å². The number of imide groups is 1. The van der Waals surface area contributed by atoms with E-state index in [1.54, 1.807) is 30.3 Å². The zero-order valence-electron chi connectivity index (χ0n) is 14.8. The predicted molar refractivity (Wildman–Crippen MR) is 107 cm³/mol. The van der Waals surface area contributed by atoms with Crippen molar-refractivity contribution >= 4 is 39.6 Å². The zero-order chi connectivity index (χ0) is 18.5. The molecule has 2 N–H and O–H groups in total. The maximum Gasteiger partial charge on any atom is 0.265 e. The highest BCUT2D eigenvalue weighted by molar-refractivity contribution is 6.36. The normalized spacial score (nSPS) is 16.4. The largest absolute Gasteiger partial charge is 0.399 e. The third kappa shape index (κ3) is 2.31. The van der Waals surface area contributed by atoms with Gasteiger partial charge in [-0.1, -0.05) is 12.1 Å². The second-order valence-corrected chi connectivity index (χ2v) is 7.09. The van der Waals surface area contributed by atoms with Crippen molar-refractivity contribution < 1.29 is 9.59 Å². The lowest BCUT2D eigenvalue weighted by Gasteiger charge is -2.29. The average molecular weight is 357 g/mol. The average Bonchev–Trinajstić information content (AvgIpc) is 3.22. The van der Waals surface area contributed by atoms with Gasteiger partial charge in [0.25, 0.3) is 11.8 Å². The molecule has 27 heavy (non-hydrogen) atoms. The maximum atomic E-state index is 13.2. The molecule has 5 nitrogen and oxygen atoms in total. The summed E-state index contributed by atoms with van der Waals surface area (Å²) in [5, 5.41) is 1.74. The van der Waals surface area contributed by atoms with E-state index < -0.39 is 0 Å². The lowest BCUT2D eigenvalue weighted by Crippen LogP contribution is -2.40. The quantitative estimate of drug-likeness (QED) is 0.559. The molecule has 0 bridgehead atoms. The van der Waals surface area contributed by atoms with Crippen molar-refractivity contribution in [3.05, 3.63) is 65.7 Å². The number of benzene rings is 3. The van der Waals surface area contributed by atoms with E-state index in [1.165, 1.54) is 17.7 Å². The fourth-order valence-corrected chi connectivity index (χ4v) is 4.17. The van der Waals surface area contributed by atoms with E-state index in [2.05, 4.69) is 4.90 Å². The van der Waals surface area contributed by atoms with E-state index in [-0.39, 0.29) is 11.8 Å². The second kappa shape index (κ2) is 5.84. The predicted octanol–water partition coefficient (Wildman–Crippen LogP) is 3.82. The smallest absolute Gasteiger partial charge is 0.265 e. The minimum Gasteiger partial charge on any atom is -0.399 e. The van der Waals surface area contributed by atoms with Crippen molar-refractivity contribution in [3.63, 3.8) is 0 Å². The van der Waals surface area contributed by atoms with E-state index in [0.717, 1.165) is 29.5 Å². The van der Waals surface area contributed by atoms with Gasteiger partial charge in [-0.2, -0.15) is 0 Å². The minimum absolute atomic E-state index is 0.290. The number of hydrogen-bond donors (Lipinski definition) is 1. The Hall–Kier alpha value is -3.34. The van der Waals surface area contributed by atoms with E-state index in [0.29, 0.717) is 22.5 Å². The molecule has 0 aromatic heterocycles. The van der Waals surface area contributed by atoms with Crippen LogP contribution in [0.3, 0.4) is 0 Å². The third-order valence-corrected chi connectivity index (χ3v) is 5.48. The Balaban J connectivity index is 1.70. The summed E-state index contributed by atoms with van der Waals surface area (Å²) in [7, 11) is 0. The zero-order valence-corrected chi connectivity index (χ0v) is 14.8. The van der Waals surface area contributed by atoms with Crippen LogP contribution in [0.4, 0.5) is 17.1 Å². The second-order valence-electron chi connectivity index (χ2n) is 7.09. The third-order valence-electron chi connectivity index (χ3n) is 5.48. The summed E-state index contributed by atoms with van der Waals surface area (Å²) < 4.78 is 0. The Morgan fingerprint density at radius 1 is 0.778 bits per heavy atom. The fourth-order valence-electron chi connectivity index (χ4n) is 4.17. The molecule has 2 aliphatic heterocycles. The molecule has 0 radical (unpaired) electrons. The topological polar surface area (TPSA) is 66.6 Å². The maximum absolute atomic E-state index is 13.2. The van der Waals surface area contributed by atoms with Crippen LogP contribution in [-0.2, 0) is 0 Å². The molecule has 5 heteroatoms. The molecule has 0 atom stereocenters. The molecular weight excluding hydrogens is 338 g/mol. The lowest BCUT2D eigenvalue weighted by atomic mass is 9.92. The fraction of sp³-hybridized carbons (Fsp3) is 0.182. The van der Waals surface area contributed by atoms with Crippen molar-refractivity contribution in [3.8, 4) is 0 Å².